The van der Waals surface area contributed by atoms with Gasteiger partial charge in [-0.3, -0.25) is 19.2 Å². The number of carbonyl (C=O) groups is 4. The molecule has 7 rings (SSSR count). The van der Waals surface area contributed by atoms with E-state index in [-0.39, 0.29) is 23.6 Å². The zero-order valence-corrected chi connectivity index (χ0v) is 35.6. The van der Waals surface area contributed by atoms with E-state index in [1.807, 2.05) is 60.7 Å². The molecular formula is C49H62N6O6. The molecule has 5 N–H and O–H groups in total. The third-order valence-electron chi connectivity index (χ3n) is 12.1. The first-order valence-corrected chi connectivity index (χ1v) is 21.8. The standard InChI is InChI=1S/C27H35N3O3.C22H27N3O3/c1-33-24-13-11-22(12-14-24)26(31)29-25(21-7-3-2-4-8-21)27(32)28-19-20-15-17-30(18-16-20)23-9-5-6-10-23;1-28-19-9-7-18(8-10-19)21(26)25-20(17-5-3-2-4-6-17)22(27)24-15-16-11-13-23-14-12-16/h2-4,7-8,11-14,20,23,25H,5-6,9-10,15-19H2,1H3,(H,28,32)(H,29,31);2-10,16,20,23H,11-15H2,1H3,(H,24,27)(H,25,26)/t25-;20-/m11/s1. The van der Waals surface area contributed by atoms with Crippen molar-refractivity contribution in [3.63, 3.8) is 0 Å². The van der Waals surface area contributed by atoms with Crippen LogP contribution in [0.4, 0.5) is 0 Å². The summed E-state index contributed by atoms with van der Waals surface area (Å²) in [4.78, 5) is 54.3. The Morgan fingerprint density at radius 2 is 0.984 bits per heavy atom. The Kier molecular flexibility index (Phi) is 17.1. The molecule has 12 nitrogen and oxygen atoms in total. The van der Waals surface area contributed by atoms with Gasteiger partial charge >= 0.3 is 0 Å². The minimum absolute atomic E-state index is 0.165. The van der Waals surface area contributed by atoms with Crippen LogP contribution in [-0.4, -0.2) is 88.1 Å². The SMILES string of the molecule is COc1ccc(C(=O)N[C@@H](C(=O)NCC2CCN(C3CCCC3)CC2)c2ccccc2)cc1.COc1ccc(C(=O)N[C@@H](C(=O)NCC2CCNCC2)c2ccccc2)cc1. The predicted molar refractivity (Wildman–Crippen MR) is 237 cm³/mol. The molecule has 324 valence electrons. The molecule has 1 saturated carbocycles. The zero-order valence-electron chi connectivity index (χ0n) is 35.6. The molecule has 1 aliphatic carbocycles. The highest BCUT2D eigenvalue weighted by atomic mass is 16.5. The quantitative estimate of drug-likeness (QED) is 0.0949. The number of benzene rings is 4. The average Bonchev–Trinajstić information content (AvgIpc) is 3.88. The van der Waals surface area contributed by atoms with Gasteiger partial charge in [0.1, 0.15) is 23.6 Å². The normalized spacial score (nSPS) is 17.1. The van der Waals surface area contributed by atoms with Crippen molar-refractivity contribution >= 4 is 23.6 Å². The molecule has 0 spiro atoms. The van der Waals surface area contributed by atoms with E-state index < -0.39 is 12.1 Å². The number of nitrogens with zero attached hydrogens (tertiary/aromatic N) is 1. The van der Waals surface area contributed by atoms with Crippen molar-refractivity contribution in [3.8, 4) is 11.5 Å². The van der Waals surface area contributed by atoms with E-state index in [4.69, 9.17) is 9.47 Å². The van der Waals surface area contributed by atoms with Gasteiger partial charge in [0.05, 0.1) is 14.2 Å². The first-order chi connectivity index (χ1) is 29.8. The summed E-state index contributed by atoms with van der Waals surface area (Å²) < 4.78 is 10.3. The molecule has 12 heteroatoms. The van der Waals surface area contributed by atoms with Crippen molar-refractivity contribution in [2.24, 2.45) is 11.8 Å². The van der Waals surface area contributed by atoms with Crippen LogP contribution < -0.4 is 36.1 Å². The maximum absolute atomic E-state index is 13.2. The summed E-state index contributed by atoms with van der Waals surface area (Å²) in [5.74, 6) is 1.38. The van der Waals surface area contributed by atoms with Gasteiger partial charge < -0.3 is 41.0 Å². The molecule has 3 aliphatic rings. The topological polar surface area (TPSA) is 150 Å². The lowest BCUT2D eigenvalue weighted by molar-refractivity contribution is -0.124. The van der Waals surface area contributed by atoms with Crippen LogP contribution in [0.5, 0.6) is 11.5 Å². The van der Waals surface area contributed by atoms with Gasteiger partial charge in [0, 0.05) is 30.3 Å². The fourth-order valence-electron chi connectivity index (χ4n) is 8.38. The van der Waals surface area contributed by atoms with Gasteiger partial charge in [-0.25, -0.2) is 0 Å². The van der Waals surface area contributed by atoms with Crippen molar-refractivity contribution in [1.82, 2.24) is 31.5 Å². The molecule has 3 fully saturated rings. The molecule has 0 unspecified atom stereocenters. The lowest BCUT2D eigenvalue weighted by Crippen LogP contribution is -2.45. The second kappa shape index (κ2) is 23.3. The van der Waals surface area contributed by atoms with E-state index >= 15 is 0 Å². The van der Waals surface area contributed by atoms with Crippen LogP contribution in [0.25, 0.3) is 0 Å². The molecule has 2 aliphatic heterocycles. The lowest BCUT2D eigenvalue weighted by atomic mass is 9.95. The molecule has 2 atom stereocenters. The van der Waals surface area contributed by atoms with Gasteiger partial charge in [0.2, 0.25) is 11.8 Å². The van der Waals surface area contributed by atoms with Crippen LogP contribution >= 0.6 is 0 Å². The smallest absolute Gasteiger partial charge is 0.252 e. The number of methoxy groups -OCH3 is 2. The number of carbonyl (C=O) groups excluding carboxylic acids is 4. The number of hydrogen-bond acceptors (Lipinski definition) is 8. The van der Waals surface area contributed by atoms with Gasteiger partial charge in [-0.1, -0.05) is 73.5 Å². The molecule has 61 heavy (non-hydrogen) atoms. The van der Waals surface area contributed by atoms with Gasteiger partial charge in [0.15, 0.2) is 0 Å². The van der Waals surface area contributed by atoms with E-state index in [0.29, 0.717) is 47.6 Å². The van der Waals surface area contributed by atoms with E-state index in [2.05, 4.69) is 31.5 Å². The number of nitrogens with one attached hydrogen (secondary N) is 5. The van der Waals surface area contributed by atoms with Gasteiger partial charge in [0.25, 0.3) is 11.8 Å². The van der Waals surface area contributed by atoms with Crippen LogP contribution in [0, 0.1) is 11.8 Å². The summed E-state index contributed by atoms with van der Waals surface area (Å²) in [5, 5.41) is 15.3. The van der Waals surface area contributed by atoms with Crippen LogP contribution in [0.1, 0.15) is 95.3 Å². The zero-order chi connectivity index (χ0) is 42.8. The number of amides is 4. The van der Waals surface area contributed by atoms with Crippen LogP contribution in [0.3, 0.4) is 0 Å². The van der Waals surface area contributed by atoms with Crippen molar-refractivity contribution in [1.29, 1.82) is 0 Å². The number of likely N-dealkylation sites (tertiary alicyclic amines) is 1. The van der Waals surface area contributed by atoms with Crippen LogP contribution in [0.15, 0.2) is 109 Å². The fourth-order valence-corrected chi connectivity index (χ4v) is 8.38. The fraction of sp³-hybridized carbons (Fsp3) is 0.429. The molecule has 4 amide bonds. The summed E-state index contributed by atoms with van der Waals surface area (Å²) in [5.41, 5.74) is 2.50. The van der Waals surface area contributed by atoms with E-state index in [1.54, 1.807) is 62.8 Å². The van der Waals surface area contributed by atoms with Gasteiger partial charge in [-0.15, -0.1) is 0 Å². The highest BCUT2D eigenvalue weighted by molar-refractivity contribution is 5.98. The highest BCUT2D eigenvalue weighted by Gasteiger charge is 2.29. The van der Waals surface area contributed by atoms with E-state index in [0.717, 1.165) is 69.0 Å². The number of ether oxygens (including phenoxy) is 2. The van der Waals surface area contributed by atoms with E-state index in [1.165, 1.54) is 25.7 Å². The Morgan fingerprint density at radius 1 is 0.574 bits per heavy atom. The Morgan fingerprint density at radius 3 is 1.39 bits per heavy atom. The van der Waals surface area contributed by atoms with Crippen molar-refractivity contribution in [2.75, 3.05) is 53.5 Å². The molecule has 4 aromatic carbocycles. The summed E-state index contributed by atoms with van der Waals surface area (Å²) in [6, 6.07) is 31.7. The van der Waals surface area contributed by atoms with Gasteiger partial charge in [-0.2, -0.15) is 0 Å². The van der Waals surface area contributed by atoms with Gasteiger partial charge in [-0.05, 0) is 136 Å². The largest absolute Gasteiger partial charge is 0.497 e. The average molecular weight is 831 g/mol. The maximum atomic E-state index is 13.2. The third-order valence-corrected chi connectivity index (χ3v) is 12.1. The Hall–Kier alpha value is -5.72. The van der Waals surface area contributed by atoms with E-state index in [9.17, 15) is 19.2 Å². The predicted octanol–water partition coefficient (Wildman–Crippen LogP) is 6.22. The first kappa shape index (κ1) is 44.8. The second-order valence-corrected chi connectivity index (χ2v) is 16.2. The van der Waals surface area contributed by atoms with Crippen molar-refractivity contribution in [3.05, 3.63) is 131 Å². The molecule has 2 saturated heterocycles. The van der Waals surface area contributed by atoms with Crippen LogP contribution in [0.2, 0.25) is 0 Å². The summed E-state index contributed by atoms with van der Waals surface area (Å²) >= 11 is 0. The Labute approximate surface area is 360 Å². The number of hydrogen-bond donors (Lipinski definition) is 5. The molecule has 0 radical (unpaired) electrons. The van der Waals surface area contributed by atoms with Crippen molar-refractivity contribution in [2.45, 2.75) is 69.5 Å². The third kappa shape index (κ3) is 13.4. The number of piperidine rings is 2. The summed E-state index contributed by atoms with van der Waals surface area (Å²) in [6.45, 7) is 5.50. The minimum atomic E-state index is -0.738. The minimum Gasteiger partial charge on any atom is -0.497 e. The van der Waals surface area contributed by atoms with Crippen LogP contribution in [-0.2, 0) is 9.59 Å². The lowest BCUT2D eigenvalue weighted by Gasteiger charge is -2.36. The molecular weight excluding hydrogens is 769 g/mol. The second-order valence-electron chi connectivity index (χ2n) is 16.2. The maximum Gasteiger partial charge on any atom is 0.252 e. The highest BCUT2D eigenvalue weighted by Crippen LogP contribution is 2.28. The molecule has 0 aromatic heterocycles. The first-order valence-electron chi connectivity index (χ1n) is 21.8. The molecule has 4 aromatic rings. The monoisotopic (exact) mass is 830 g/mol. The summed E-state index contributed by atoms with van der Waals surface area (Å²) in [6.07, 6.45) is 9.74. The number of rotatable bonds is 15. The Balaban J connectivity index is 0.000000207. The molecule has 0 bridgehead atoms. The van der Waals surface area contributed by atoms with Crippen molar-refractivity contribution < 1.29 is 28.7 Å². The molecule has 2 heterocycles. The Bertz CT molecular complexity index is 1960. The summed E-state index contributed by atoms with van der Waals surface area (Å²) in [7, 11) is 3.16.